The van der Waals surface area contributed by atoms with E-state index in [0.29, 0.717) is 22.8 Å². The highest BCUT2D eigenvalue weighted by atomic mass is 35.5. The number of unbranched alkanes of at least 4 members (excludes halogenated alkanes) is 3. The third-order valence-corrected chi connectivity index (χ3v) is 7.57. The van der Waals surface area contributed by atoms with E-state index in [1.165, 1.54) is 0 Å². The number of nitrogens with two attached hydrogens (primary N) is 4. The van der Waals surface area contributed by atoms with Crippen molar-refractivity contribution in [1.29, 1.82) is 0 Å². The fourth-order valence-corrected chi connectivity index (χ4v) is 5.17. The van der Waals surface area contributed by atoms with Crippen LogP contribution in [0.2, 0.25) is 0 Å². The van der Waals surface area contributed by atoms with Crippen LogP contribution in [0.1, 0.15) is 77.0 Å². The van der Waals surface area contributed by atoms with E-state index in [9.17, 15) is 0 Å². The normalized spacial score (nSPS) is 29.5. The van der Waals surface area contributed by atoms with Crippen LogP contribution in [0.25, 0.3) is 0 Å². The first-order chi connectivity index (χ1) is 16.3. The molecule has 0 spiro atoms. The highest BCUT2D eigenvalue weighted by Gasteiger charge is 2.22. The van der Waals surface area contributed by atoms with Crippen LogP contribution in [-0.4, -0.2) is 61.1 Å². The Hall–Kier alpha value is 0.180. The lowest BCUT2D eigenvalue weighted by molar-refractivity contribution is 0.278. The molecule has 2 fully saturated rings. The number of hydrogen-bond acceptors (Lipinski definition) is 10. The van der Waals surface area contributed by atoms with Gasteiger partial charge in [0.05, 0.1) is 0 Å². The lowest BCUT2D eigenvalue weighted by Gasteiger charge is -2.30. The van der Waals surface area contributed by atoms with Gasteiger partial charge in [-0.25, -0.2) is 0 Å². The van der Waals surface area contributed by atoms with Gasteiger partial charge in [-0.2, -0.15) is 0 Å². The SMILES string of the molecule is NC(NCCCCCCNC(N)NC(N)NC1CCC(Cl)CC1)NC(N)NC1CCC(Cl)CC1. The second-order valence-corrected chi connectivity index (χ2v) is 11.0. The van der Waals surface area contributed by atoms with Gasteiger partial charge in [-0.15, -0.1) is 23.2 Å². The summed E-state index contributed by atoms with van der Waals surface area (Å²) < 4.78 is 0. The fourth-order valence-electron chi connectivity index (χ4n) is 4.67. The van der Waals surface area contributed by atoms with Crippen molar-refractivity contribution in [1.82, 2.24) is 31.9 Å². The predicted molar refractivity (Wildman–Crippen MR) is 143 cm³/mol. The Morgan fingerprint density at radius 3 is 1.24 bits per heavy atom. The number of rotatable bonds is 17. The largest absolute Gasteiger partial charge is 0.304 e. The molecule has 0 aliphatic heterocycles. The summed E-state index contributed by atoms with van der Waals surface area (Å²) in [6.07, 6.45) is 11.4. The predicted octanol–water partition coefficient (Wildman–Crippen LogP) is 0.154. The minimum absolute atomic E-state index is 0.308. The molecule has 4 atom stereocenters. The highest BCUT2D eigenvalue weighted by molar-refractivity contribution is 6.20. The van der Waals surface area contributed by atoms with E-state index >= 15 is 0 Å². The molecule has 12 heteroatoms. The van der Waals surface area contributed by atoms with Gasteiger partial charge in [0.25, 0.3) is 0 Å². The molecule has 2 aliphatic rings. The molecule has 202 valence electrons. The summed E-state index contributed by atoms with van der Waals surface area (Å²) in [5.74, 6) is 0. The molecule has 2 saturated carbocycles. The molecular formula is C22H50Cl2N10. The molecule has 14 N–H and O–H groups in total. The quantitative estimate of drug-likeness (QED) is 0.0715. The van der Waals surface area contributed by atoms with Crippen molar-refractivity contribution in [2.24, 2.45) is 22.9 Å². The topological polar surface area (TPSA) is 176 Å². The second-order valence-electron chi connectivity index (χ2n) is 9.80. The average Bonchev–Trinajstić information content (AvgIpc) is 2.78. The Balaban J connectivity index is 1.38. The van der Waals surface area contributed by atoms with Crippen LogP contribution in [-0.2, 0) is 0 Å². The lowest BCUT2D eigenvalue weighted by Crippen LogP contribution is -2.62. The van der Waals surface area contributed by atoms with Gasteiger partial charge in [-0.1, -0.05) is 12.8 Å². The molecule has 2 rings (SSSR count). The smallest absolute Gasteiger partial charge is 0.111 e. The van der Waals surface area contributed by atoms with Gasteiger partial charge >= 0.3 is 0 Å². The molecule has 4 unspecified atom stereocenters. The Labute approximate surface area is 216 Å². The maximum absolute atomic E-state index is 6.15. The number of alkyl halides is 2. The van der Waals surface area contributed by atoms with Crippen LogP contribution in [0.5, 0.6) is 0 Å². The van der Waals surface area contributed by atoms with Gasteiger partial charge in [-0.05, 0) is 77.3 Å². The van der Waals surface area contributed by atoms with Crippen molar-refractivity contribution >= 4 is 23.2 Å². The van der Waals surface area contributed by atoms with E-state index in [-0.39, 0.29) is 25.2 Å². The van der Waals surface area contributed by atoms with Gasteiger partial charge in [0.2, 0.25) is 0 Å². The zero-order chi connectivity index (χ0) is 24.8. The molecule has 0 bridgehead atoms. The summed E-state index contributed by atoms with van der Waals surface area (Å²) >= 11 is 12.3. The van der Waals surface area contributed by atoms with Crippen molar-refractivity contribution in [3.05, 3.63) is 0 Å². The minimum atomic E-state index is -0.333. The van der Waals surface area contributed by atoms with Gasteiger partial charge in [0.1, 0.15) is 25.2 Å². The summed E-state index contributed by atoms with van der Waals surface area (Å²) in [6, 6.07) is 0.814. The molecule has 34 heavy (non-hydrogen) atoms. The molecule has 2 aliphatic carbocycles. The monoisotopic (exact) mass is 524 g/mol. The van der Waals surface area contributed by atoms with E-state index in [1.54, 1.807) is 0 Å². The molecule has 10 nitrogen and oxygen atoms in total. The standard InChI is InChI=1S/C22H50Cl2N10/c23-15-5-9-17(10-6-15)31-21(27)33-19(25)29-13-3-1-2-4-14-30-20(26)34-22(28)32-18-11-7-16(24)8-12-18/h15-22,29-34H,1-14,25-28H2. The molecule has 0 aromatic carbocycles. The van der Waals surface area contributed by atoms with Gasteiger partial charge in [0, 0.05) is 22.8 Å². The Morgan fingerprint density at radius 2 is 0.882 bits per heavy atom. The van der Waals surface area contributed by atoms with E-state index < -0.39 is 0 Å². The third-order valence-electron chi connectivity index (χ3n) is 6.69. The Bertz CT molecular complexity index is 460. The molecule has 0 aromatic rings. The number of halogens is 2. The first-order valence-electron chi connectivity index (χ1n) is 13.1. The molecule has 0 heterocycles. The number of hydrogen-bond donors (Lipinski definition) is 10. The zero-order valence-electron chi connectivity index (χ0n) is 20.6. The van der Waals surface area contributed by atoms with Crippen LogP contribution in [0, 0.1) is 0 Å². The van der Waals surface area contributed by atoms with Crippen LogP contribution < -0.4 is 54.8 Å². The molecule has 0 aromatic heterocycles. The van der Waals surface area contributed by atoms with Crippen LogP contribution in [0.4, 0.5) is 0 Å². The van der Waals surface area contributed by atoms with Crippen molar-refractivity contribution in [2.45, 2.75) is 125 Å². The lowest BCUT2D eigenvalue weighted by atomic mass is 9.95. The van der Waals surface area contributed by atoms with E-state index in [0.717, 1.165) is 90.1 Å². The first kappa shape index (κ1) is 30.4. The van der Waals surface area contributed by atoms with Crippen molar-refractivity contribution in [3.63, 3.8) is 0 Å². The fraction of sp³-hybridized carbons (Fsp3) is 1.00. The van der Waals surface area contributed by atoms with E-state index in [2.05, 4.69) is 31.9 Å². The van der Waals surface area contributed by atoms with Crippen LogP contribution in [0.15, 0.2) is 0 Å². The minimum Gasteiger partial charge on any atom is -0.304 e. The summed E-state index contributed by atoms with van der Waals surface area (Å²) in [5, 5.41) is 20.2. The van der Waals surface area contributed by atoms with Crippen molar-refractivity contribution in [3.8, 4) is 0 Å². The Kier molecular flexibility index (Phi) is 15.7. The summed E-state index contributed by atoms with van der Waals surface area (Å²) in [5.41, 5.74) is 24.4. The third kappa shape index (κ3) is 14.1. The van der Waals surface area contributed by atoms with Crippen molar-refractivity contribution in [2.75, 3.05) is 13.1 Å². The zero-order valence-corrected chi connectivity index (χ0v) is 22.1. The van der Waals surface area contributed by atoms with E-state index in [4.69, 9.17) is 46.1 Å². The molecule has 0 amide bonds. The highest BCUT2D eigenvalue weighted by Crippen LogP contribution is 2.23. The average molecular weight is 526 g/mol. The molecule has 0 radical (unpaired) electrons. The molecule has 0 saturated heterocycles. The maximum Gasteiger partial charge on any atom is 0.111 e. The summed E-state index contributed by atoms with van der Waals surface area (Å²) in [4.78, 5) is 0. The van der Waals surface area contributed by atoms with Gasteiger partial charge in [0.15, 0.2) is 0 Å². The van der Waals surface area contributed by atoms with Crippen LogP contribution >= 0.6 is 23.2 Å². The van der Waals surface area contributed by atoms with Crippen molar-refractivity contribution < 1.29 is 0 Å². The van der Waals surface area contributed by atoms with Gasteiger partial charge in [-0.3, -0.25) is 31.9 Å². The summed E-state index contributed by atoms with van der Waals surface area (Å²) in [7, 11) is 0. The maximum atomic E-state index is 6.15. The van der Waals surface area contributed by atoms with E-state index in [1.807, 2.05) is 0 Å². The summed E-state index contributed by atoms with van der Waals surface area (Å²) in [6.45, 7) is 1.69. The van der Waals surface area contributed by atoms with Gasteiger partial charge < -0.3 is 22.9 Å². The second kappa shape index (κ2) is 17.6. The Morgan fingerprint density at radius 1 is 0.529 bits per heavy atom. The van der Waals surface area contributed by atoms with Crippen LogP contribution in [0.3, 0.4) is 0 Å². The number of nitrogens with one attached hydrogen (secondary N) is 6. The first-order valence-corrected chi connectivity index (χ1v) is 14.0. The molecular weight excluding hydrogens is 475 g/mol.